The Morgan fingerprint density at radius 3 is 1.30 bits per heavy atom. The molecule has 2 N–H and O–H groups in total. The summed E-state index contributed by atoms with van der Waals surface area (Å²) in [5.41, 5.74) is 3.15. The van der Waals surface area contributed by atoms with E-state index < -0.39 is 0 Å². The van der Waals surface area contributed by atoms with Gasteiger partial charge in [-0.1, -0.05) is 83.9 Å². The number of aliphatic imine (C=N–C) groups is 2. The largest absolute Gasteiger partial charge is 0.288 e. The first-order valence-corrected chi connectivity index (χ1v) is 13.9. The molecule has 2 aliphatic heterocycles. The van der Waals surface area contributed by atoms with Crippen molar-refractivity contribution in [2.75, 3.05) is 27.2 Å². The summed E-state index contributed by atoms with van der Waals surface area (Å²) in [6.07, 6.45) is 0. The predicted octanol–water partition coefficient (Wildman–Crippen LogP) is 4.54. The van der Waals surface area contributed by atoms with Gasteiger partial charge in [0, 0.05) is 45.7 Å². The Hall–Kier alpha value is -3.76. The van der Waals surface area contributed by atoms with Crippen molar-refractivity contribution >= 4 is 71.1 Å². The molecule has 0 saturated carbocycles. The second-order valence-corrected chi connectivity index (χ2v) is 10.2. The first kappa shape index (κ1) is 34.7. The number of nitrogens with zero attached hydrogens (tertiary/aromatic N) is 6. The van der Waals surface area contributed by atoms with E-state index in [0.29, 0.717) is 33.1 Å². The van der Waals surface area contributed by atoms with E-state index >= 15 is 0 Å². The molecule has 12 heteroatoms. The van der Waals surface area contributed by atoms with Gasteiger partial charge in [-0.3, -0.25) is 20.4 Å². The van der Waals surface area contributed by atoms with E-state index in [9.17, 15) is 10.4 Å². The van der Waals surface area contributed by atoms with Gasteiger partial charge in [-0.05, 0) is 36.4 Å². The molecule has 6 rings (SSSR count). The quantitative estimate of drug-likeness (QED) is 0.327. The summed E-state index contributed by atoms with van der Waals surface area (Å²) in [6.45, 7) is 0.458. The zero-order valence-electron chi connectivity index (χ0n) is 23.8. The topological polar surface area (TPSA) is 96.4 Å². The second kappa shape index (κ2) is 15.8. The van der Waals surface area contributed by atoms with Crippen molar-refractivity contribution in [2.45, 2.75) is 0 Å². The van der Waals surface area contributed by atoms with Gasteiger partial charge in [0.2, 0.25) is 0 Å². The smallest absolute Gasteiger partial charge is 0.145 e. The van der Waals surface area contributed by atoms with Gasteiger partial charge in [0.05, 0.1) is 22.1 Å². The molecule has 44 heavy (non-hydrogen) atoms. The Balaban J connectivity index is 0.000000230. The molecule has 0 bridgehead atoms. The predicted molar refractivity (Wildman–Crippen MR) is 181 cm³/mol. The molecule has 0 spiro atoms. The van der Waals surface area contributed by atoms with E-state index in [-0.39, 0.29) is 37.9 Å². The van der Waals surface area contributed by atoms with E-state index in [1.54, 1.807) is 26.2 Å². The Morgan fingerprint density at radius 2 is 0.955 bits per heavy atom. The van der Waals surface area contributed by atoms with Crippen LogP contribution < -0.4 is 21.2 Å². The van der Waals surface area contributed by atoms with Crippen molar-refractivity contribution in [3.8, 4) is 0 Å². The van der Waals surface area contributed by atoms with Gasteiger partial charge in [-0.25, -0.2) is 20.1 Å². The van der Waals surface area contributed by atoms with Crippen molar-refractivity contribution in [1.82, 2.24) is 10.1 Å². The monoisotopic (exact) mass is 670 g/mol. The van der Waals surface area contributed by atoms with E-state index in [1.807, 2.05) is 84.9 Å². The third-order valence-corrected chi connectivity index (χ3v) is 7.11. The van der Waals surface area contributed by atoms with Crippen LogP contribution >= 0.6 is 48.0 Å². The molecule has 8 nitrogen and oxygen atoms in total. The molecule has 0 aromatic heterocycles. The fourth-order valence-electron chi connectivity index (χ4n) is 4.69. The third kappa shape index (κ3) is 7.84. The van der Waals surface area contributed by atoms with Gasteiger partial charge < -0.3 is 0 Å². The Morgan fingerprint density at radius 1 is 0.591 bits per heavy atom. The number of halogens is 4. The Kier molecular flexibility index (Phi) is 12.5. The van der Waals surface area contributed by atoms with Gasteiger partial charge >= 0.3 is 0 Å². The standard InChI is InChI=1S/2C16H14ClN3O.2ClH/c2*1-18-15-10-20(21)16(11-5-3-2-4-6-11)13-9-12(17)7-8-14(13)19-15;;/h2*2-9,21H,10H2,1H3;2*1H. The molecule has 2 heterocycles. The fourth-order valence-corrected chi connectivity index (χ4v) is 5.03. The summed E-state index contributed by atoms with van der Waals surface area (Å²) < 4.78 is 0. The molecule has 0 atom stereocenters. The number of amidine groups is 2. The molecule has 228 valence electrons. The second-order valence-electron chi connectivity index (χ2n) is 9.37. The highest BCUT2D eigenvalue weighted by molar-refractivity contribution is 6.30. The summed E-state index contributed by atoms with van der Waals surface area (Å²) in [6, 6.07) is 30.2. The summed E-state index contributed by atoms with van der Waals surface area (Å²) in [5.74, 6) is 1.12. The lowest BCUT2D eigenvalue weighted by Gasteiger charge is -2.19. The average molecular weight is 672 g/mol. The lowest BCUT2D eigenvalue weighted by molar-refractivity contribution is -0.0121. The summed E-state index contributed by atoms with van der Waals surface area (Å²) in [7, 11) is 3.32. The highest BCUT2D eigenvalue weighted by Gasteiger charge is 2.18. The Bertz CT molecular complexity index is 1780. The summed E-state index contributed by atoms with van der Waals surface area (Å²) in [5, 5.41) is 27.5. The minimum absolute atomic E-state index is 0. The zero-order chi connectivity index (χ0) is 29.6. The van der Waals surface area contributed by atoms with Crippen LogP contribution in [0.2, 0.25) is 10.0 Å². The molecular weight excluding hydrogens is 642 g/mol. The number of rotatable bonds is 2. The highest BCUT2D eigenvalue weighted by Crippen LogP contribution is 2.17. The molecule has 4 aromatic rings. The fraction of sp³-hybridized carbons (Fsp3) is 0.125. The molecule has 0 saturated heterocycles. The van der Waals surface area contributed by atoms with Crippen molar-refractivity contribution in [3.05, 3.63) is 139 Å². The van der Waals surface area contributed by atoms with Crippen LogP contribution in [-0.4, -0.2) is 59.4 Å². The third-order valence-electron chi connectivity index (χ3n) is 6.64. The normalized spacial score (nSPS) is 15.7. The molecule has 0 radical (unpaired) electrons. The van der Waals surface area contributed by atoms with Crippen LogP contribution in [0.1, 0.15) is 11.1 Å². The van der Waals surface area contributed by atoms with Crippen LogP contribution in [0.4, 0.5) is 0 Å². The number of hydroxylamine groups is 4. The van der Waals surface area contributed by atoms with Crippen molar-refractivity contribution in [3.63, 3.8) is 0 Å². The van der Waals surface area contributed by atoms with Crippen molar-refractivity contribution < 1.29 is 10.4 Å². The van der Waals surface area contributed by atoms with E-state index in [0.717, 1.165) is 32.3 Å². The van der Waals surface area contributed by atoms with Gasteiger partial charge in [0.1, 0.15) is 24.8 Å². The number of benzene rings is 4. The molecule has 0 fully saturated rings. The highest BCUT2D eigenvalue weighted by atomic mass is 35.5. The van der Waals surface area contributed by atoms with Crippen LogP contribution in [0.3, 0.4) is 0 Å². The lowest BCUT2D eigenvalue weighted by atomic mass is 10.1. The SMILES string of the molecule is CN=C1CN(O)C(c2ccccc2)=c2cc(Cl)ccc2=N1.CN=C1CN(O)C(c2ccccc2)=c2cc(Cl)ccc2=N1.Cl.Cl. The first-order valence-electron chi connectivity index (χ1n) is 13.1. The number of hydrogen-bond acceptors (Lipinski definition) is 6. The minimum atomic E-state index is 0. The van der Waals surface area contributed by atoms with E-state index in [4.69, 9.17) is 23.2 Å². The number of fused-ring (bicyclic) bond motifs is 2. The number of hydrogen-bond donors (Lipinski definition) is 2. The van der Waals surface area contributed by atoms with Crippen molar-refractivity contribution in [1.29, 1.82) is 0 Å². The maximum Gasteiger partial charge on any atom is 0.145 e. The van der Waals surface area contributed by atoms with Crippen LogP contribution in [0.5, 0.6) is 0 Å². The summed E-state index contributed by atoms with van der Waals surface area (Å²) in [4.78, 5) is 17.2. The maximum atomic E-state index is 10.5. The molecule has 0 amide bonds. The zero-order valence-corrected chi connectivity index (χ0v) is 26.9. The van der Waals surface area contributed by atoms with E-state index in [2.05, 4.69) is 20.0 Å². The lowest BCUT2D eigenvalue weighted by Crippen LogP contribution is -2.31. The van der Waals surface area contributed by atoms with Gasteiger partial charge in [0.25, 0.3) is 0 Å². The van der Waals surface area contributed by atoms with Crippen molar-refractivity contribution in [2.24, 2.45) is 20.0 Å². The molecule has 4 aromatic carbocycles. The van der Waals surface area contributed by atoms with Crippen LogP contribution in [-0.2, 0) is 0 Å². The minimum Gasteiger partial charge on any atom is -0.288 e. The van der Waals surface area contributed by atoms with Gasteiger partial charge in [-0.15, -0.1) is 24.8 Å². The molecule has 0 aliphatic carbocycles. The van der Waals surface area contributed by atoms with Crippen LogP contribution in [0, 0.1) is 0 Å². The van der Waals surface area contributed by atoms with Crippen LogP contribution in [0.25, 0.3) is 11.4 Å². The molecule has 2 aliphatic rings. The van der Waals surface area contributed by atoms with E-state index in [1.165, 1.54) is 10.1 Å². The average Bonchev–Trinajstić information content (AvgIpc) is 3.23. The first-order chi connectivity index (χ1) is 20.4. The molecule has 0 unspecified atom stereocenters. The summed E-state index contributed by atoms with van der Waals surface area (Å²) >= 11 is 12.2. The maximum absolute atomic E-state index is 10.5. The van der Waals surface area contributed by atoms with Gasteiger partial charge in [-0.2, -0.15) is 0 Å². The van der Waals surface area contributed by atoms with Gasteiger partial charge in [0.15, 0.2) is 0 Å². The van der Waals surface area contributed by atoms with Crippen LogP contribution in [0.15, 0.2) is 117 Å². The molecular formula is C32H30Cl4N6O2. The Labute approximate surface area is 277 Å².